The smallest absolute Gasteiger partial charge is 0.264 e. The predicted molar refractivity (Wildman–Crippen MR) is 109 cm³/mol. The van der Waals surface area contributed by atoms with Crippen LogP contribution in [-0.2, 0) is 11.3 Å². The average molecular weight is 408 g/mol. The van der Waals surface area contributed by atoms with Crippen LogP contribution in [-0.4, -0.2) is 39.6 Å². The molecule has 7 nitrogen and oxygen atoms in total. The van der Waals surface area contributed by atoms with E-state index in [0.717, 1.165) is 52.8 Å². The highest BCUT2D eigenvalue weighted by Crippen LogP contribution is 2.32. The molecule has 2 aromatic carbocycles. The lowest BCUT2D eigenvalue weighted by Gasteiger charge is -2.14. The van der Waals surface area contributed by atoms with Crippen LogP contribution in [0.4, 0.5) is 0 Å². The molecule has 0 N–H and O–H groups in total. The Labute approximate surface area is 172 Å². The average Bonchev–Trinajstić information content (AvgIpc) is 3.49. The van der Waals surface area contributed by atoms with Gasteiger partial charge in [-0.25, -0.2) is 4.98 Å². The van der Waals surface area contributed by atoms with Crippen LogP contribution < -0.4 is 4.74 Å². The van der Waals surface area contributed by atoms with Crippen molar-refractivity contribution in [3.63, 3.8) is 0 Å². The number of rotatable bonds is 6. The van der Waals surface area contributed by atoms with Gasteiger partial charge in [-0.1, -0.05) is 12.1 Å². The number of oxazole rings is 1. The van der Waals surface area contributed by atoms with Crippen molar-refractivity contribution in [3.8, 4) is 17.1 Å². The minimum Gasteiger partial charge on any atom is -0.497 e. The molecule has 0 bridgehead atoms. The molecule has 0 spiro atoms. The summed E-state index contributed by atoms with van der Waals surface area (Å²) in [6.45, 7) is 1.50. The molecule has 0 amide bonds. The summed E-state index contributed by atoms with van der Waals surface area (Å²) in [4.78, 5) is 4.55. The van der Waals surface area contributed by atoms with Gasteiger partial charge < -0.3 is 13.9 Å². The molecule has 8 heteroatoms. The normalized spacial score (nSPS) is 16.5. The third kappa shape index (κ3) is 3.73. The third-order valence-corrected chi connectivity index (χ3v) is 5.76. The van der Waals surface area contributed by atoms with Crippen LogP contribution in [0.2, 0.25) is 0 Å². The Kier molecular flexibility index (Phi) is 4.95. The van der Waals surface area contributed by atoms with Gasteiger partial charge in [-0.2, -0.15) is 0 Å². The van der Waals surface area contributed by atoms with Crippen LogP contribution in [0.5, 0.6) is 5.75 Å². The summed E-state index contributed by atoms with van der Waals surface area (Å²) in [6, 6.07) is 15.5. The maximum Gasteiger partial charge on any atom is 0.264 e. The lowest BCUT2D eigenvalue weighted by atomic mass is 10.2. The number of ether oxygens (including phenoxy) is 2. The number of methoxy groups -OCH3 is 1. The van der Waals surface area contributed by atoms with Crippen LogP contribution in [0, 0.1) is 0 Å². The van der Waals surface area contributed by atoms with Crippen molar-refractivity contribution in [2.75, 3.05) is 13.7 Å². The molecule has 0 saturated carbocycles. The summed E-state index contributed by atoms with van der Waals surface area (Å²) < 4.78 is 19.1. The maximum absolute atomic E-state index is 5.87. The highest BCUT2D eigenvalue weighted by Gasteiger charge is 2.23. The maximum atomic E-state index is 5.87. The molecular weight excluding hydrogens is 388 g/mol. The van der Waals surface area contributed by atoms with E-state index in [1.807, 2.05) is 48.5 Å². The van der Waals surface area contributed by atoms with Crippen molar-refractivity contribution in [3.05, 3.63) is 48.5 Å². The molecule has 1 aliphatic heterocycles. The van der Waals surface area contributed by atoms with E-state index in [1.54, 1.807) is 7.11 Å². The number of hydrogen-bond donors (Lipinski definition) is 0. The predicted octanol–water partition coefficient (Wildman–Crippen LogP) is 4.43. The van der Waals surface area contributed by atoms with Gasteiger partial charge in [-0.3, -0.25) is 4.57 Å². The van der Waals surface area contributed by atoms with E-state index < -0.39 is 0 Å². The zero-order chi connectivity index (χ0) is 19.6. The molecule has 148 valence electrons. The van der Waals surface area contributed by atoms with Gasteiger partial charge in [0.05, 0.1) is 19.8 Å². The molecule has 5 rings (SSSR count). The Morgan fingerprint density at radius 3 is 2.76 bits per heavy atom. The van der Waals surface area contributed by atoms with Crippen LogP contribution in [0.15, 0.2) is 63.3 Å². The summed E-state index contributed by atoms with van der Waals surface area (Å²) in [5.41, 5.74) is 2.56. The van der Waals surface area contributed by atoms with Gasteiger partial charge in [0.1, 0.15) is 11.3 Å². The van der Waals surface area contributed by atoms with Crippen molar-refractivity contribution >= 4 is 22.9 Å². The van der Waals surface area contributed by atoms with E-state index >= 15 is 0 Å². The van der Waals surface area contributed by atoms with Crippen molar-refractivity contribution in [2.45, 2.75) is 35.9 Å². The van der Waals surface area contributed by atoms with Gasteiger partial charge in [0, 0.05) is 23.9 Å². The molecule has 1 atom stereocenters. The molecule has 2 aromatic heterocycles. The Morgan fingerprint density at radius 2 is 2.00 bits per heavy atom. The SMILES string of the molecule is COc1ccc(-c2nnc(Sc3nc4ccccc4o3)n2CC2CCCO2)cc1. The van der Waals surface area contributed by atoms with Crippen LogP contribution in [0.1, 0.15) is 12.8 Å². The number of aromatic nitrogens is 4. The van der Waals surface area contributed by atoms with E-state index in [9.17, 15) is 0 Å². The molecule has 1 unspecified atom stereocenters. The summed E-state index contributed by atoms with van der Waals surface area (Å²) in [5, 5.41) is 10.2. The lowest BCUT2D eigenvalue weighted by molar-refractivity contribution is 0.0953. The summed E-state index contributed by atoms with van der Waals surface area (Å²) in [7, 11) is 1.66. The largest absolute Gasteiger partial charge is 0.497 e. The van der Waals surface area contributed by atoms with Gasteiger partial charge in [-0.15, -0.1) is 10.2 Å². The Hall–Kier alpha value is -2.84. The number of para-hydroxylation sites is 2. The van der Waals surface area contributed by atoms with Gasteiger partial charge in [0.15, 0.2) is 11.4 Å². The Bertz CT molecular complexity index is 1080. The standard InChI is InChI=1S/C21H20N4O3S/c1-26-15-10-8-14(9-11-15)19-23-24-20(25(19)13-16-5-4-12-27-16)29-21-22-17-6-2-3-7-18(17)28-21/h2-3,6-11,16H,4-5,12-13H2,1H3. The Morgan fingerprint density at radius 1 is 1.14 bits per heavy atom. The second-order valence-corrected chi connectivity index (χ2v) is 7.75. The summed E-state index contributed by atoms with van der Waals surface area (Å²) in [5.74, 6) is 1.60. The van der Waals surface area contributed by atoms with E-state index in [4.69, 9.17) is 13.9 Å². The fraction of sp³-hybridized carbons (Fsp3) is 0.286. The quantitative estimate of drug-likeness (QED) is 0.467. The first-order valence-corrected chi connectivity index (χ1v) is 10.3. The molecule has 1 fully saturated rings. The monoisotopic (exact) mass is 408 g/mol. The number of fused-ring (bicyclic) bond motifs is 1. The minimum absolute atomic E-state index is 0.158. The molecular formula is C21H20N4O3S. The second kappa shape index (κ2) is 7.88. The zero-order valence-electron chi connectivity index (χ0n) is 15.9. The Balaban J connectivity index is 1.50. The highest BCUT2D eigenvalue weighted by atomic mass is 32.2. The minimum atomic E-state index is 0.158. The molecule has 4 aromatic rings. The van der Waals surface area contributed by atoms with Gasteiger partial charge >= 0.3 is 0 Å². The van der Waals surface area contributed by atoms with Crippen LogP contribution >= 0.6 is 11.8 Å². The number of nitrogens with zero attached hydrogens (tertiary/aromatic N) is 4. The molecule has 1 aliphatic rings. The zero-order valence-corrected chi connectivity index (χ0v) is 16.8. The van der Waals surface area contributed by atoms with Crippen molar-refractivity contribution in [1.82, 2.24) is 19.7 Å². The van der Waals surface area contributed by atoms with Crippen molar-refractivity contribution in [2.24, 2.45) is 0 Å². The molecule has 0 radical (unpaired) electrons. The number of hydrogen-bond acceptors (Lipinski definition) is 7. The molecule has 1 saturated heterocycles. The fourth-order valence-corrected chi connectivity index (χ4v) is 4.23. The van der Waals surface area contributed by atoms with E-state index in [1.165, 1.54) is 11.8 Å². The molecule has 29 heavy (non-hydrogen) atoms. The first-order chi connectivity index (χ1) is 14.3. The van der Waals surface area contributed by atoms with Gasteiger partial charge in [0.2, 0.25) is 5.16 Å². The first-order valence-electron chi connectivity index (χ1n) is 9.53. The fourth-order valence-electron chi connectivity index (χ4n) is 3.45. The number of benzene rings is 2. The molecule has 0 aliphatic carbocycles. The van der Waals surface area contributed by atoms with E-state index in [0.29, 0.717) is 11.8 Å². The summed E-state index contributed by atoms with van der Waals surface area (Å²) in [6.07, 6.45) is 2.27. The highest BCUT2D eigenvalue weighted by molar-refractivity contribution is 7.99. The van der Waals surface area contributed by atoms with Crippen molar-refractivity contribution < 1.29 is 13.9 Å². The van der Waals surface area contributed by atoms with Gasteiger partial charge in [-0.05, 0) is 49.2 Å². The van der Waals surface area contributed by atoms with E-state index in [-0.39, 0.29) is 6.10 Å². The van der Waals surface area contributed by atoms with Crippen LogP contribution in [0.3, 0.4) is 0 Å². The van der Waals surface area contributed by atoms with E-state index in [2.05, 4.69) is 19.7 Å². The van der Waals surface area contributed by atoms with Gasteiger partial charge in [0.25, 0.3) is 5.22 Å². The van der Waals surface area contributed by atoms with Crippen molar-refractivity contribution in [1.29, 1.82) is 0 Å². The molecule has 3 heterocycles. The van der Waals surface area contributed by atoms with Crippen LogP contribution in [0.25, 0.3) is 22.5 Å². The summed E-state index contributed by atoms with van der Waals surface area (Å²) >= 11 is 1.38. The topological polar surface area (TPSA) is 75.2 Å². The lowest BCUT2D eigenvalue weighted by Crippen LogP contribution is -2.16. The first kappa shape index (κ1) is 18.2. The third-order valence-electron chi connectivity index (χ3n) is 4.93. The second-order valence-electron chi connectivity index (χ2n) is 6.83.